The fourth-order valence-corrected chi connectivity index (χ4v) is 5.68. The molecule has 19 heavy (non-hydrogen) atoms. The van der Waals surface area contributed by atoms with E-state index in [1.807, 2.05) is 0 Å². The molecule has 1 heterocycles. The number of hydrogen-bond donors (Lipinski definition) is 2. The summed E-state index contributed by atoms with van der Waals surface area (Å²) < 4.78 is 0. The summed E-state index contributed by atoms with van der Waals surface area (Å²) in [6, 6.07) is 0.0880. The Bertz CT molecular complexity index is 340. The van der Waals surface area contributed by atoms with Crippen LogP contribution in [0, 0.1) is 29.6 Å². The van der Waals surface area contributed by atoms with E-state index in [0.29, 0.717) is 0 Å². The van der Waals surface area contributed by atoms with Crippen LogP contribution in [0.5, 0.6) is 0 Å². The first kappa shape index (κ1) is 12.2. The van der Waals surface area contributed by atoms with Crippen molar-refractivity contribution in [3.05, 3.63) is 0 Å². The highest BCUT2D eigenvalue weighted by Gasteiger charge is 2.48. The number of carbonyl (C=O) groups excluding carboxylic acids is 1. The molecule has 106 valence electrons. The Morgan fingerprint density at radius 1 is 0.947 bits per heavy atom. The van der Waals surface area contributed by atoms with E-state index in [2.05, 4.69) is 10.6 Å². The van der Waals surface area contributed by atoms with Crippen molar-refractivity contribution in [1.82, 2.24) is 10.6 Å². The van der Waals surface area contributed by atoms with Gasteiger partial charge in [0.25, 0.3) is 0 Å². The van der Waals surface area contributed by atoms with Crippen molar-refractivity contribution in [2.24, 2.45) is 29.6 Å². The van der Waals surface area contributed by atoms with Crippen molar-refractivity contribution >= 4 is 5.91 Å². The minimum atomic E-state index is 0.0880. The van der Waals surface area contributed by atoms with Gasteiger partial charge in [-0.2, -0.15) is 0 Å². The van der Waals surface area contributed by atoms with Crippen LogP contribution >= 0.6 is 0 Å². The number of hydrogen-bond acceptors (Lipinski definition) is 2. The maximum atomic E-state index is 12.1. The first-order valence-corrected chi connectivity index (χ1v) is 8.30. The maximum absolute atomic E-state index is 12.1. The molecule has 2 N–H and O–H groups in total. The Labute approximate surface area is 115 Å². The maximum Gasteiger partial charge on any atom is 0.237 e. The van der Waals surface area contributed by atoms with Crippen LogP contribution in [0.15, 0.2) is 0 Å². The third-order valence-electron chi connectivity index (χ3n) is 6.29. The summed E-state index contributed by atoms with van der Waals surface area (Å²) in [4.78, 5) is 12.1. The van der Waals surface area contributed by atoms with E-state index in [9.17, 15) is 4.79 Å². The van der Waals surface area contributed by atoms with Crippen molar-refractivity contribution in [1.29, 1.82) is 0 Å². The van der Waals surface area contributed by atoms with Crippen molar-refractivity contribution in [2.45, 2.75) is 51.0 Å². The molecule has 1 aliphatic heterocycles. The normalized spacial score (nSPS) is 48.9. The van der Waals surface area contributed by atoms with Gasteiger partial charge in [-0.3, -0.25) is 4.79 Å². The average molecular weight is 262 g/mol. The highest BCUT2D eigenvalue weighted by atomic mass is 16.2. The van der Waals surface area contributed by atoms with Crippen LogP contribution in [0.4, 0.5) is 0 Å². The first-order valence-electron chi connectivity index (χ1n) is 8.30. The summed E-state index contributed by atoms with van der Waals surface area (Å²) in [6.45, 7) is 1.85. The van der Waals surface area contributed by atoms with E-state index in [1.165, 1.54) is 32.1 Å². The SMILES string of the molecule is O=C1NCCCNC1CC1C2CC3CC(C2)CC1C3. The Balaban J connectivity index is 1.46. The van der Waals surface area contributed by atoms with Gasteiger partial charge in [-0.25, -0.2) is 0 Å². The molecule has 5 rings (SSSR count). The quantitative estimate of drug-likeness (QED) is 0.798. The van der Waals surface area contributed by atoms with Gasteiger partial charge in [0.15, 0.2) is 0 Å². The summed E-state index contributed by atoms with van der Waals surface area (Å²) in [7, 11) is 0. The Morgan fingerprint density at radius 3 is 2.32 bits per heavy atom. The first-order chi connectivity index (χ1) is 9.29. The molecule has 4 aliphatic carbocycles. The summed E-state index contributed by atoms with van der Waals surface area (Å²) in [5.74, 6) is 5.04. The van der Waals surface area contributed by atoms with Crippen LogP contribution in [0.1, 0.15) is 44.9 Å². The molecule has 0 radical (unpaired) electrons. The van der Waals surface area contributed by atoms with Gasteiger partial charge in [0.1, 0.15) is 0 Å². The molecule has 1 amide bonds. The Morgan fingerprint density at radius 2 is 1.63 bits per heavy atom. The molecule has 3 nitrogen and oxygen atoms in total. The third kappa shape index (κ3) is 2.20. The third-order valence-corrected chi connectivity index (χ3v) is 6.29. The van der Waals surface area contributed by atoms with Crippen molar-refractivity contribution in [3.63, 3.8) is 0 Å². The van der Waals surface area contributed by atoms with E-state index < -0.39 is 0 Å². The Kier molecular flexibility index (Phi) is 3.06. The van der Waals surface area contributed by atoms with Gasteiger partial charge >= 0.3 is 0 Å². The number of nitrogens with one attached hydrogen (secondary N) is 2. The second-order valence-corrected chi connectivity index (χ2v) is 7.48. The molecule has 4 bridgehead atoms. The number of amides is 1. The predicted octanol–water partition coefficient (Wildman–Crippen LogP) is 1.93. The van der Waals surface area contributed by atoms with Crippen LogP contribution in [-0.2, 0) is 4.79 Å². The smallest absolute Gasteiger partial charge is 0.237 e. The molecule has 5 fully saturated rings. The second-order valence-electron chi connectivity index (χ2n) is 7.48. The molecule has 4 saturated carbocycles. The molecule has 0 aromatic heterocycles. The van der Waals surface area contributed by atoms with Crippen molar-refractivity contribution in [3.8, 4) is 0 Å². The molecule has 0 aromatic rings. The lowest BCUT2D eigenvalue weighted by Gasteiger charge is -2.55. The van der Waals surface area contributed by atoms with E-state index in [-0.39, 0.29) is 11.9 Å². The van der Waals surface area contributed by atoms with Gasteiger partial charge in [0, 0.05) is 6.54 Å². The van der Waals surface area contributed by atoms with E-state index >= 15 is 0 Å². The van der Waals surface area contributed by atoms with Gasteiger partial charge in [0.05, 0.1) is 6.04 Å². The molecule has 1 saturated heterocycles. The minimum absolute atomic E-state index is 0.0880. The van der Waals surface area contributed by atoms with Crippen molar-refractivity contribution in [2.75, 3.05) is 13.1 Å². The molecular weight excluding hydrogens is 236 g/mol. The van der Waals surface area contributed by atoms with Gasteiger partial charge < -0.3 is 10.6 Å². The molecular formula is C16H26N2O. The molecule has 3 heteroatoms. The standard InChI is InChI=1S/C16H26N2O/c19-16-15(17-2-1-3-18-16)9-14-12-5-10-4-11(7-12)8-13(14)6-10/h10-15,17H,1-9H2,(H,18,19). The molecule has 1 atom stereocenters. The zero-order chi connectivity index (χ0) is 12.8. The van der Waals surface area contributed by atoms with Crippen molar-refractivity contribution < 1.29 is 4.79 Å². The topological polar surface area (TPSA) is 41.1 Å². The second kappa shape index (κ2) is 4.76. The van der Waals surface area contributed by atoms with Crippen LogP contribution in [0.3, 0.4) is 0 Å². The number of rotatable bonds is 2. The lowest BCUT2D eigenvalue weighted by molar-refractivity contribution is -0.124. The zero-order valence-corrected chi connectivity index (χ0v) is 11.7. The monoisotopic (exact) mass is 262 g/mol. The average Bonchev–Trinajstić information content (AvgIpc) is 2.58. The predicted molar refractivity (Wildman–Crippen MR) is 74.6 cm³/mol. The summed E-state index contributed by atoms with van der Waals surface area (Å²) >= 11 is 0. The minimum Gasteiger partial charge on any atom is -0.355 e. The highest BCUT2D eigenvalue weighted by Crippen LogP contribution is 2.57. The molecule has 5 aliphatic rings. The fraction of sp³-hybridized carbons (Fsp3) is 0.938. The summed E-state index contributed by atoms with van der Waals surface area (Å²) in [5.41, 5.74) is 0. The number of carbonyl (C=O) groups is 1. The largest absolute Gasteiger partial charge is 0.355 e. The van der Waals surface area contributed by atoms with E-state index in [1.54, 1.807) is 0 Å². The Hall–Kier alpha value is -0.570. The fourth-order valence-electron chi connectivity index (χ4n) is 5.68. The lowest BCUT2D eigenvalue weighted by Crippen LogP contribution is -2.49. The van der Waals surface area contributed by atoms with Crippen LogP contribution in [0.2, 0.25) is 0 Å². The zero-order valence-electron chi connectivity index (χ0n) is 11.7. The van der Waals surface area contributed by atoms with Crippen LogP contribution in [0.25, 0.3) is 0 Å². The van der Waals surface area contributed by atoms with Gasteiger partial charge in [-0.15, -0.1) is 0 Å². The lowest BCUT2D eigenvalue weighted by atomic mass is 9.51. The van der Waals surface area contributed by atoms with E-state index in [4.69, 9.17) is 0 Å². The summed E-state index contributed by atoms with van der Waals surface area (Å²) in [6.07, 6.45) is 9.54. The highest BCUT2D eigenvalue weighted by molar-refractivity contribution is 5.81. The molecule has 0 spiro atoms. The van der Waals surface area contributed by atoms with E-state index in [0.717, 1.165) is 55.5 Å². The van der Waals surface area contributed by atoms with Gasteiger partial charge in [0.2, 0.25) is 5.91 Å². The summed E-state index contributed by atoms with van der Waals surface area (Å²) in [5, 5.41) is 6.54. The van der Waals surface area contributed by atoms with Gasteiger partial charge in [-0.1, -0.05) is 0 Å². The van der Waals surface area contributed by atoms with Crippen LogP contribution < -0.4 is 10.6 Å². The van der Waals surface area contributed by atoms with Crippen LogP contribution in [-0.4, -0.2) is 25.0 Å². The molecule has 0 aromatic carbocycles. The van der Waals surface area contributed by atoms with Gasteiger partial charge in [-0.05, 0) is 81.1 Å². The molecule has 1 unspecified atom stereocenters.